The number of carbonyl (C=O) groups is 1. The monoisotopic (exact) mass is 279 g/mol. The summed E-state index contributed by atoms with van der Waals surface area (Å²) in [4.78, 5) is 10.8. The van der Waals surface area contributed by atoms with Crippen LogP contribution in [0.15, 0.2) is 30.6 Å². The SMILES string of the molecule is Cc1cnn(CCNc2ccc(C(=O)O)c(Cl)c2)c1. The lowest BCUT2D eigenvalue weighted by Crippen LogP contribution is -2.11. The van der Waals surface area contributed by atoms with Gasteiger partial charge in [0.15, 0.2) is 0 Å². The molecule has 0 saturated carbocycles. The normalized spacial score (nSPS) is 10.4. The number of carboxylic acids is 1. The third-order valence-electron chi connectivity index (χ3n) is 2.63. The van der Waals surface area contributed by atoms with Crippen molar-refractivity contribution in [3.63, 3.8) is 0 Å². The van der Waals surface area contributed by atoms with Crippen LogP contribution in [0.2, 0.25) is 5.02 Å². The van der Waals surface area contributed by atoms with Gasteiger partial charge in [0.25, 0.3) is 0 Å². The highest BCUT2D eigenvalue weighted by Gasteiger charge is 2.08. The first-order valence-electron chi connectivity index (χ1n) is 5.82. The van der Waals surface area contributed by atoms with Crippen molar-refractivity contribution in [2.45, 2.75) is 13.5 Å². The first kappa shape index (κ1) is 13.4. The molecule has 0 spiro atoms. The Bertz CT molecular complexity index is 595. The summed E-state index contributed by atoms with van der Waals surface area (Å²) in [5.74, 6) is -1.02. The van der Waals surface area contributed by atoms with Crippen LogP contribution < -0.4 is 5.32 Å². The Morgan fingerprint density at radius 1 is 1.53 bits per heavy atom. The van der Waals surface area contributed by atoms with E-state index in [2.05, 4.69) is 10.4 Å². The number of halogens is 1. The third kappa shape index (κ3) is 3.48. The quantitative estimate of drug-likeness (QED) is 0.883. The number of aryl methyl sites for hydroxylation is 1. The molecule has 19 heavy (non-hydrogen) atoms. The van der Waals surface area contributed by atoms with E-state index in [9.17, 15) is 4.79 Å². The average molecular weight is 280 g/mol. The molecule has 0 aliphatic heterocycles. The Morgan fingerprint density at radius 3 is 2.89 bits per heavy atom. The van der Waals surface area contributed by atoms with Crippen molar-refractivity contribution in [1.29, 1.82) is 0 Å². The number of rotatable bonds is 5. The largest absolute Gasteiger partial charge is 0.478 e. The summed E-state index contributed by atoms with van der Waals surface area (Å²) >= 11 is 5.89. The highest BCUT2D eigenvalue weighted by Crippen LogP contribution is 2.20. The predicted molar refractivity (Wildman–Crippen MR) is 73.9 cm³/mol. The highest BCUT2D eigenvalue weighted by molar-refractivity contribution is 6.33. The number of aromatic nitrogens is 2. The Morgan fingerprint density at radius 2 is 2.32 bits per heavy atom. The van der Waals surface area contributed by atoms with Crippen LogP contribution >= 0.6 is 11.6 Å². The Kier molecular flexibility index (Phi) is 4.06. The first-order chi connectivity index (χ1) is 9.06. The van der Waals surface area contributed by atoms with Gasteiger partial charge in [0, 0.05) is 18.4 Å². The second-order valence-electron chi connectivity index (χ2n) is 4.21. The molecule has 0 amide bonds. The molecule has 0 fully saturated rings. The molecule has 6 heteroatoms. The van der Waals surface area contributed by atoms with Gasteiger partial charge in [-0.2, -0.15) is 5.10 Å². The maximum Gasteiger partial charge on any atom is 0.337 e. The molecule has 2 N–H and O–H groups in total. The molecule has 0 radical (unpaired) electrons. The Labute approximate surface area is 115 Å². The minimum absolute atomic E-state index is 0.106. The van der Waals surface area contributed by atoms with Crippen molar-refractivity contribution in [3.05, 3.63) is 46.7 Å². The van der Waals surface area contributed by atoms with Crippen LogP contribution in [0.25, 0.3) is 0 Å². The smallest absolute Gasteiger partial charge is 0.337 e. The highest BCUT2D eigenvalue weighted by atomic mass is 35.5. The number of anilines is 1. The van der Waals surface area contributed by atoms with E-state index in [1.54, 1.807) is 18.3 Å². The van der Waals surface area contributed by atoms with Gasteiger partial charge in [-0.25, -0.2) is 4.79 Å². The Balaban J connectivity index is 1.93. The molecular weight excluding hydrogens is 266 g/mol. The lowest BCUT2D eigenvalue weighted by Gasteiger charge is -2.08. The van der Waals surface area contributed by atoms with Gasteiger partial charge >= 0.3 is 5.97 Å². The zero-order valence-corrected chi connectivity index (χ0v) is 11.2. The van der Waals surface area contributed by atoms with E-state index < -0.39 is 5.97 Å². The molecule has 0 bridgehead atoms. The fourth-order valence-corrected chi connectivity index (χ4v) is 1.96. The van der Waals surface area contributed by atoms with E-state index >= 15 is 0 Å². The van der Waals surface area contributed by atoms with Crippen LogP contribution in [-0.2, 0) is 6.54 Å². The number of hydrogen-bond acceptors (Lipinski definition) is 3. The molecule has 100 valence electrons. The van der Waals surface area contributed by atoms with Gasteiger partial charge in [0.1, 0.15) is 0 Å². The van der Waals surface area contributed by atoms with Gasteiger partial charge in [-0.3, -0.25) is 4.68 Å². The molecule has 0 aliphatic rings. The van der Waals surface area contributed by atoms with Crippen LogP contribution in [0.3, 0.4) is 0 Å². The number of nitrogens with zero attached hydrogens (tertiary/aromatic N) is 2. The number of carboxylic acid groups (broad SMARTS) is 1. The summed E-state index contributed by atoms with van der Waals surface area (Å²) in [6, 6.07) is 4.80. The van der Waals surface area contributed by atoms with Crippen molar-refractivity contribution in [1.82, 2.24) is 9.78 Å². The zero-order chi connectivity index (χ0) is 13.8. The molecule has 1 aromatic carbocycles. The number of benzene rings is 1. The van der Waals surface area contributed by atoms with E-state index in [4.69, 9.17) is 16.7 Å². The summed E-state index contributed by atoms with van der Waals surface area (Å²) in [6.07, 6.45) is 3.76. The summed E-state index contributed by atoms with van der Waals surface area (Å²) in [5.41, 5.74) is 2.02. The van der Waals surface area contributed by atoms with Crippen LogP contribution in [0.5, 0.6) is 0 Å². The summed E-state index contributed by atoms with van der Waals surface area (Å²) in [6.45, 7) is 3.40. The number of hydrogen-bond donors (Lipinski definition) is 2. The lowest BCUT2D eigenvalue weighted by molar-refractivity contribution is 0.0697. The van der Waals surface area contributed by atoms with Crippen LogP contribution in [0.4, 0.5) is 5.69 Å². The zero-order valence-electron chi connectivity index (χ0n) is 10.4. The first-order valence-corrected chi connectivity index (χ1v) is 6.20. The lowest BCUT2D eigenvalue weighted by atomic mass is 10.2. The van der Waals surface area contributed by atoms with Crippen molar-refractivity contribution in [2.24, 2.45) is 0 Å². The fourth-order valence-electron chi connectivity index (χ4n) is 1.70. The Hall–Kier alpha value is -2.01. The summed E-state index contributed by atoms with van der Waals surface area (Å²) < 4.78 is 1.84. The minimum atomic E-state index is -1.02. The maximum atomic E-state index is 10.8. The predicted octanol–water partition coefficient (Wildman–Crippen LogP) is 2.66. The topological polar surface area (TPSA) is 67.2 Å². The summed E-state index contributed by atoms with van der Waals surface area (Å²) in [5, 5.41) is 16.4. The molecule has 5 nitrogen and oxygen atoms in total. The van der Waals surface area contributed by atoms with Crippen molar-refractivity contribution in [3.8, 4) is 0 Å². The van der Waals surface area contributed by atoms with Gasteiger partial charge in [0.2, 0.25) is 0 Å². The van der Waals surface area contributed by atoms with E-state index in [0.29, 0.717) is 6.54 Å². The maximum absolute atomic E-state index is 10.8. The average Bonchev–Trinajstić information content (AvgIpc) is 2.75. The van der Waals surface area contributed by atoms with Gasteiger partial charge in [-0.15, -0.1) is 0 Å². The third-order valence-corrected chi connectivity index (χ3v) is 2.94. The van der Waals surface area contributed by atoms with Crippen molar-refractivity contribution >= 4 is 23.3 Å². The van der Waals surface area contributed by atoms with Gasteiger partial charge < -0.3 is 10.4 Å². The van der Waals surface area contributed by atoms with Gasteiger partial charge in [-0.05, 0) is 30.7 Å². The number of aromatic carboxylic acids is 1. The molecule has 0 unspecified atom stereocenters. The molecule has 0 saturated heterocycles. The van der Waals surface area contributed by atoms with Crippen molar-refractivity contribution < 1.29 is 9.90 Å². The van der Waals surface area contributed by atoms with E-state index in [1.165, 1.54) is 6.07 Å². The molecule has 0 atom stereocenters. The molecular formula is C13H14ClN3O2. The van der Waals surface area contributed by atoms with Gasteiger partial charge in [0.05, 0.1) is 23.3 Å². The fraction of sp³-hybridized carbons (Fsp3) is 0.231. The molecule has 1 aromatic heterocycles. The van der Waals surface area contributed by atoms with Crippen LogP contribution in [-0.4, -0.2) is 27.4 Å². The molecule has 2 aromatic rings. The second kappa shape index (κ2) is 5.75. The van der Waals surface area contributed by atoms with E-state index in [1.807, 2.05) is 17.8 Å². The second-order valence-corrected chi connectivity index (χ2v) is 4.61. The van der Waals surface area contributed by atoms with E-state index in [-0.39, 0.29) is 10.6 Å². The molecule has 2 rings (SSSR count). The van der Waals surface area contributed by atoms with Crippen molar-refractivity contribution in [2.75, 3.05) is 11.9 Å². The van der Waals surface area contributed by atoms with Gasteiger partial charge in [-0.1, -0.05) is 11.6 Å². The molecule has 0 aliphatic carbocycles. The van der Waals surface area contributed by atoms with Crippen LogP contribution in [0.1, 0.15) is 15.9 Å². The standard InChI is InChI=1S/C13H14ClN3O2/c1-9-7-16-17(8-9)5-4-15-10-2-3-11(13(18)19)12(14)6-10/h2-3,6-8,15H,4-5H2,1H3,(H,18,19). The van der Waals surface area contributed by atoms with Crippen LogP contribution in [0, 0.1) is 6.92 Å². The molecule has 1 heterocycles. The number of nitrogens with one attached hydrogen (secondary N) is 1. The minimum Gasteiger partial charge on any atom is -0.478 e. The summed E-state index contributed by atoms with van der Waals surface area (Å²) in [7, 11) is 0. The van der Waals surface area contributed by atoms with E-state index in [0.717, 1.165) is 17.8 Å².